The molecule has 1 saturated heterocycles. The van der Waals surface area contributed by atoms with Gasteiger partial charge in [-0.05, 0) is 32.2 Å². The summed E-state index contributed by atoms with van der Waals surface area (Å²) in [7, 11) is 1.83. The number of hydrogen-bond acceptors (Lipinski definition) is 3. The number of amides is 1. The maximum Gasteiger partial charge on any atom is 0.320 e. The lowest BCUT2D eigenvalue weighted by molar-refractivity contribution is -0.145. The van der Waals surface area contributed by atoms with Gasteiger partial charge in [0.25, 0.3) is 0 Å². The Bertz CT molecular complexity index is 342. The molecule has 1 aliphatic carbocycles. The molecule has 2 fully saturated rings. The summed E-state index contributed by atoms with van der Waals surface area (Å²) in [6.07, 6.45) is 7.01. The molecule has 1 N–H and O–H groups in total. The van der Waals surface area contributed by atoms with Crippen LogP contribution in [0.25, 0.3) is 0 Å². The number of carbonyl (C=O) groups is 2. The molecule has 1 atom stereocenters. The topological polar surface area (TPSA) is 60.9 Å². The molecule has 5 nitrogen and oxygen atoms in total. The van der Waals surface area contributed by atoms with E-state index in [4.69, 9.17) is 0 Å². The largest absolute Gasteiger partial charge is 0.480 e. The number of likely N-dealkylation sites (tertiary alicyclic amines) is 1. The van der Waals surface area contributed by atoms with Crippen molar-refractivity contribution < 1.29 is 14.7 Å². The normalized spacial score (nSPS) is 25.4. The highest BCUT2D eigenvalue weighted by Crippen LogP contribution is 2.26. The molecule has 1 amide bonds. The average Bonchev–Trinajstić information content (AvgIpc) is 3.15. The fourth-order valence-corrected chi connectivity index (χ4v) is 2.76. The van der Waals surface area contributed by atoms with Crippen LogP contribution in [0, 0.1) is 0 Å². The minimum Gasteiger partial charge on any atom is -0.480 e. The number of carboxylic acid groups (broad SMARTS) is 1. The van der Waals surface area contributed by atoms with Crippen molar-refractivity contribution in [3.8, 4) is 0 Å². The molecule has 0 aromatic rings. The number of carbonyl (C=O) groups excluding carboxylic acids is 1. The highest BCUT2D eigenvalue weighted by molar-refractivity contribution is 5.80. The van der Waals surface area contributed by atoms with Crippen molar-refractivity contribution in [3.63, 3.8) is 0 Å². The van der Waals surface area contributed by atoms with E-state index in [2.05, 4.69) is 0 Å². The van der Waals surface area contributed by atoms with Crippen molar-refractivity contribution in [2.75, 3.05) is 20.1 Å². The molecule has 1 heterocycles. The zero-order valence-electron chi connectivity index (χ0n) is 11.7. The predicted molar refractivity (Wildman–Crippen MR) is 71.9 cm³/mol. The number of nitrogens with zero attached hydrogens (tertiary/aromatic N) is 2. The Morgan fingerprint density at radius 3 is 2.47 bits per heavy atom. The molecule has 0 aromatic heterocycles. The van der Waals surface area contributed by atoms with Crippen LogP contribution in [0.2, 0.25) is 0 Å². The summed E-state index contributed by atoms with van der Waals surface area (Å²) < 4.78 is 0. The van der Waals surface area contributed by atoms with Gasteiger partial charge in [0, 0.05) is 13.1 Å². The van der Waals surface area contributed by atoms with Gasteiger partial charge in [0.15, 0.2) is 0 Å². The predicted octanol–water partition coefficient (Wildman–Crippen LogP) is 1.33. The van der Waals surface area contributed by atoms with Crippen LogP contribution in [-0.2, 0) is 9.59 Å². The van der Waals surface area contributed by atoms with Gasteiger partial charge in [-0.1, -0.05) is 19.3 Å². The Balaban J connectivity index is 1.95. The Kier molecular flexibility index (Phi) is 4.80. The van der Waals surface area contributed by atoms with E-state index in [1.54, 1.807) is 4.90 Å². The number of rotatable bonds is 4. The van der Waals surface area contributed by atoms with Gasteiger partial charge in [0.2, 0.25) is 5.91 Å². The van der Waals surface area contributed by atoms with Crippen molar-refractivity contribution in [3.05, 3.63) is 0 Å². The van der Waals surface area contributed by atoms with Crippen molar-refractivity contribution >= 4 is 11.9 Å². The number of likely N-dealkylation sites (N-methyl/N-ethyl adjacent to an activating group) is 1. The summed E-state index contributed by atoms with van der Waals surface area (Å²) in [6.45, 7) is 0.977. The first-order valence-electron chi connectivity index (χ1n) is 7.32. The summed E-state index contributed by atoms with van der Waals surface area (Å²) in [5.74, 6) is -0.724. The summed E-state index contributed by atoms with van der Waals surface area (Å²) in [4.78, 5) is 27.2. The van der Waals surface area contributed by atoms with E-state index in [9.17, 15) is 14.7 Å². The third-order valence-electron chi connectivity index (χ3n) is 4.23. The SMILES string of the molecule is CN(C(=O)CN1CCCCCCC1C(=O)O)C1CC1. The highest BCUT2D eigenvalue weighted by Gasteiger charge is 2.33. The maximum absolute atomic E-state index is 12.2. The second kappa shape index (κ2) is 6.37. The Morgan fingerprint density at radius 2 is 1.84 bits per heavy atom. The molecule has 0 bridgehead atoms. The fraction of sp³-hybridized carbons (Fsp3) is 0.857. The smallest absolute Gasteiger partial charge is 0.320 e. The van der Waals surface area contributed by atoms with Crippen molar-refractivity contribution in [1.82, 2.24) is 9.80 Å². The van der Waals surface area contributed by atoms with Crippen LogP contribution >= 0.6 is 0 Å². The molecule has 0 radical (unpaired) electrons. The van der Waals surface area contributed by atoms with Gasteiger partial charge in [-0.2, -0.15) is 0 Å². The molecule has 1 aliphatic heterocycles. The first-order chi connectivity index (χ1) is 9.09. The first kappa shape index (κ1) is 14.3. The molecule has 1 unspecified atom stereocenters. The Morgan fingerprint density at radius 1 is 1.16 bits per heavy atom. The second-order valence-corrected chi connectivity index (χ2v) is 5.76. The van der Waals surface area contributed by atoms with E-state index >= 15 is 0 Å². The zero-order chi connectivity index (χ0) is 13.8. The molecule has 0 spiro atoms. The van der Waals surface area contributed by atoms with Gasteiger partial charge in [-0.25, -0.2) is 0 Å². The Labute approximate surface area is 114 Å². The number of aliphatic carboxylic acids is 1. The standard InChI is InChI=1S/C14H24N2O3/c1-15(11-7-8-11)13(17)10-16-9-5-3-2-4-6-12(16)14(18)19/h11-12H,2-10H2,1H3,(H,18,19). The number of carboxylic acids is 1. The molecule has 108 valence electrons. The summed E-state index contributed by atoms with van der Waals surface area (Å²) in [6, 6.07) is -0.0950. The molecule has 19 heavy (non-hydrogen) atoms. The van der Waals surface area contributed by atoms with E-state index in [-0.39, 0.29) is 12.5 Å². The highest BCUT2D eigenvalue weighted by atomic mass is 16.4. The van der Waals surface area contributed by atoms with Crippen LogP contribution in [0.5, 0.6) is 0 Å². The van der Waals surface area contributed by atoms with Gasteiger partial charge in [-0.3, -0.25) is 14.5 Å². The molecule has 2 aliphatic rings. The van der Waals surface area contributed by atoms with Crippen LogP contribution < -0.4 is 0 Å². The van der Waals surface area contributed by atoms with Crippen LogP contribution in [-0.4, -0.2) is 59.0 Å². The molecule has 1 saturated carbocycles. The lowest BCUT2D eigenvalue weighted by Gasteiger charge is -2.31. The summed E-state index contributed by atoms with van der Waals surface area (Å²) in [5, 5.41) is 9.33. The van der Waals surface area contributed by atoms with Crippen LogP contribution in [0.1, 0.15) is 44.9 Å². The van der Waals surface area contributed by atoms with Gasteiger partial charge in [0.05, 0.1) is 6.54 Å². The quantitative estimate of drug-likeness (QED) is 0.835. The van der Waals surface area contributed by atoms with Crippen molar-refractivity contribution in [2.45, 2.75) is 57.0 Å². The van der Waals surface area contributed by atoms with E-state index in [1.165, 1.54) is 0 Å². The van der Waals surface area contributed by atoms with E-state index in [0.29, 0.717) is 12.5 Å². The Hall–Kier alpha value is -1.10. The summed E-state index contributed by atoms with van der Waals surface area (Å²) >= 11 is 0. The van der Waals surface area contributed by atoms with Gasteiger partial charge in [0.1, 0.15) is 6.04 Å². The lowest BCUT2D eigenvalue weighted by atomic mass is 10.0. The van der Waals surface area contributed by atoms with Crippen LogP contribution in [0.4, 0.5) is 0 Å². The van der Waals surface area contributed by atoms with Gasteiger partial charge in [-0.15, -0.1) is 0 Å². The molecule has 0 aromatic carbocycles. The maximum atomic E-state index is 12.2. The van der Waals surface area contributed by atoms with E-state index in [1.807, 2.05) is 11.9 Å². The summed E-state index contributed by atoms with van der Waals surface area (Å²) in [5.41, 5.74) is 0. The zero-order valence-corrected chi connectivity index (χ0v) is 11.7. The lowest BCUT2D eigenvalue weighted by Crippen LogP contribution is -2.48. The second-order valence-electron chi connectivity index (χ2n) is 5.76. The molecular formula is C14H24N2O3. The van der Waals surface area contributed by atoms with Crippen LogP contribution in [0.3, 0.4) is 0 Å². The van der Waals surface area contributed by atoms with Crippen LogP contribution in [0.15, 0.2) is 0 Å². The van der Waals surface area contributed by atoms with Gasteiger partial charge >= 0.3 is 5.97 Å². The van der Waals surface area contributed by atoms with E-state index < -0.39 is 12.0 Å². The third kappa shape index (κ3) is 3.93. The fourth-order valence-electron chi connectivity index (χ4n) is 2.76. The monoisotopic (exact) mass is 268 g/mol. The molecule has 5 heteroatoms. The van der Waals surface area contributed by atoms with Crippen molar-refractivity contribution in [1.29, 1.82) is 0 Å². The average molecular weight is 268 g/mol. The minimum atomic E-state index is -0.788. The minimum absolute atomic E-state index is 0.0642. The molecule has 2 rings (SSSR count). The third-order valence-corrected chi connectivity index (χ3v) is 4.23. The van der Waals surface area contributed by atoms with Crippen molar-refractivity contribution in [2.24, 2.45) is 0 Å². The first-order valence-corrected chi connectivity index (χ1v) is 7.32. The van der Waals surface area contributed by atoms with E-state index in [0.717, 1.165) is 45.1 Å². The van der Waals surface area contributed by atoms with Gasteiger partial charge < -0.3 is 10.0 Å². The molecular weight excluding hydrogens is 244 g/mol. The number of hydrogen-bond donors (Lipinski definition) is 1.